The molecule has 2 N–H and O–H groups in total. The van der Waals surface area contributed by atoms with Gasteiger partial charge in [-0.1, -0.05) is 25.1 Å². The highest BCUT2D eigenvalue weighted by Crippen LogP contribution is 2.36. The van der Waals surface area contributed by atoms with Gasteiger partial charge in [0.2, 0.25) is 0 Å². The minimum atomic E-state index is -0.897. The summed E-state index contributed by atoms with van der Waals surface area (Å²) >= 11 is 0. The van der Waals surface area contributed by atoms with E-state index in [-0.39, 0.29) is 18.6 Å². The molecule has 5 heteroatoms. The lowest BCUT2D eigenvalue weighted by Crippen LogP contribution is -2.43. The highest BCUT2D eigenvalue weighted by Gasteiger charge is 2.36. The average Bonchev–Trinajstić information content (AvgIpc) is 2.78. The van der Waals surface area contributed by atoms with Gasteiger partial charge in [0.15, 0.2) is 0 Å². The Bertz CT molecular complexity index is 501. The summed E-state index contributed by atoms with van der Waals surface area (Å²) in [5.41, 5.74) is 1.39. The lowest BCUT2D eigenvalue weighted by molar-refractivity contribution is -0.138. The van der Waals surface area contributed by atoms with Crippen molar-refractivity contribution in [2.24, 2.45) is 0 Å². The molecule has 2 amide bonds. The third kappa shape index (κ3) is 2.54. The number of anilines is 1. The van der Waals surface area contributed by atoms with E-state index in [1.54, 1.807) is 18.2 Å². The Labute approximate surface area is 112 Å². The van der Waals surface area contributed by atoms with Crippen LogP contribution >= 0.6 is 0 Å². The maximum atomic E-state index is 12.2. The molecule has 0 radical (unpaired) electrons. The molecule has 0 aliphatic carbocycles. The van der Waals surface area contributed by atoms with Crippen molar-refractivity contribution in [1.82, 2.24) is 5.32 Å². The number of fused-ring (bicyclic) bond motifs is 1. The van der Waals surface area contributed by atoms with E-state index >= 15 is 0 Å². The Morgan fingerprint density at radius 3 is 2.79 bits per heavy atom. The second kappa shape index (κ2) is 5.30. The number of hydrogen-bond donors (Lipinski definition) is 2. The first kappa shape index (κ1) is 13.4. The molecule has 0 bridgehead atoms. The standard InChI is InChI=1S/C14H18N2O3/c1-3-9(2)15-14(19)16-8-11(13(17)18)10-6-4-5-7-12(10)16/h4-7,9,11H,3,8H2,1-2H3,(H,15,19)(H,17,18). The van der Waals surface area contributed by atoms with Gasteiger partial charge in [-0.15, -0.1) is 0 Å². The molecule has 19 heavy (non-hydrogen) atoms. The van der Waals surface area contributed by atoms with Gasteiger partial charge in [0.1, 0.15) is 5.92 Å². The maximum absolute atomic E-state index is 12.2. The summed E-state index contributed by atoms with van der Waals surface area (Å²) in [5, 5.41) is 12.1. The first-order valence-corrected chi connectivity index (χ1v) is 6.44. The lowest BCUT2D eigenvalue weighted by atomic mass is 10.0. The Morgan fingerprint density at radius 1 is 1.47 bits per heavy atom. The van der Waals surface area contributed by atoms with Gasteiger partial charge >= 0.3 is 12.0 Å². The van der Waals surface area contributed by atoms with E-state index in [1.807, 2.05) is 19.9 Å². The number of benzene rings is 1. The molecule has 0 saturated heterocycles. The van der Waals surface area contributed by atoms with E-state index in [4.69, 9.17) is 0 Å². The third-order valence-electron chi connectivity index (χ3n) is 3.49. The van der Waals surface area contributed by atoms with Gasteiger partial charge in [-0.25, -0.2) is 4.79 Å². The fourth-order valence-electron chi connectivity index (χ4n) is 2.20. The normalized spacial score (nSPS) is 18.8. The van der Waals surface area contributed by atoms with Crippen LogP contribution in [0.25, 0.3) is 0 Å². The van der Waals surface area contributed by atoms with Crippen molar-refractivity contribution in [2.75, 3.05) is 11.4 Å². The van der Waals surface area contributed by atoms with Gasteiger partial charge in [-0.3, -0.25) is 9.69 Å². The maximum Gasteiger partial charge on any atom is 0.322 e. The van der Waals surface area contributed by atoms with Crippen molar-refractivity contribution >= 4 is 17.7 Å². The van der Waals surface area contributed by atoms with Crippen molar-refractivity contribution in [3.8, 4) is 0 Å². The Balaban J connectivity index is 2.25. The molecule has 2 rings (SSSR count). The highest BCUT2D eigenvalue weighted by molar-refractivity contribution is 5.98. The number of carboxylic acid groups (broad SMARTS) is 1. The van der Waals surface area contributed by atoms with Crippen molar-refractivity contribution in [1.29, 1.82) is 0 Å². The van der Waals surface area contributed by atoms with Crippen LogP contribution in [0.5, 0.6) is 0 Å². The quantitative estimate of drug-likeness (QED) is 0.877. The van der Waals surface area contributed by atoms with Crippen LogP contribution in [0.15, 0.2) is 24.3 Å². The zero-order valence-corrected chi connectivity index (χ0v) is 11.1. The second-order valence-corrected chi connectivity index (χ2v) is 4.82. The van der Waals surface area contributed by atoms with Gasteiger partial charge in [-0.2, -0.15) is 0 Å². The number of urea groups is 1. The molecule has 0 spiro atoms. The smallest absolute Gasteiger partial charge is 0.322 e. The predicted octanol–water partition coefficient (Wildman–Crippen LogP) is 2.18. The number of rotatable bonds is 3. The summed E-state index contributed by atoms with van der Waals surface area (Å²) < 4.78 is 0. The van der Waals surface area contributed by atoms with Crippen molar-refractivity contribution < 1.29 is 14.7 Å². The number of carbonyl (C=O) groups excluding carboxylic acids is 1. The molecule has 2 atom stereocenters. The van der Waals surface area contributed by atoms with Gasteiger partial charge in [0, 0.05) is 18.3 Å². The number of carboxylic acids is 1. The highest BCUT2D eigenvalue weighted by atomic mass is 16.4. The SMILES string of the molecule is CCC(C)NC(=O)N1CC(C(=O)O)c2ccccc21. The van der Waals surface area contributed by atoms with Crippen LogP contribution in [0.4, 0.5) is 10.5 Å². The molecular weight excluding hydrogens is 244 g/mol. The number of aliphatic carboxylic acids is 1. The molecule has 0 fully saturated rings. The Morgan fingerprint density at radius 2 is 2.16 bits per heavy atom. The van der Waals surface area contributed by atoms with Crippen LogP contribution in [0.3, 0.4) is 0 Å². The van der Waals surface area contributed by atoms with Crippen LogP contribution in [0.1, 0.15) is 31.7 Å². The monoisotopic (exact) mass is 262 g/mol. The summed E-state index contributed by atoms with van der Waals surface area (Å²) in [4.78, 5) is 24.9. The molecule has 102 valence electrons. The number of carbonyl (C=O) groups is 2. The summed E-state index contributed by atoms with van der Waals surface area (Å²) in [7, 11) is 0. The van der Waals surface area contributed by atoms with E-state index < -0.39 is 11.9 Å². The average molecular weight is 262 g/mol. The molecule has 5 nitrogen and oxygen atoms in total. The van der Waals surface area contributed by atoms with Crippen LogP contribution in [0, 0.1) is 0 Å². The first-order valence-electron chi connectivity index (χ1n) is 6.44. The molecule has 0 aromatic heterocycles. The minimum absolute atomic E-state index is 0.0727. The van der Waals surface area contributed by atoms with E-state index in [0.717, 1.165) is 6.42 Å². The molecular formula is C14H18N2O3. The molecule has 1 aliphatic heterocycles. The van der Waals surface area contributed by atoms with Gasteiger partial charge < -0.3 is 10.4 Å². The van der Waals surface area contributed by atoms with E-state index in [0.29, 0.717) is 11.3 Å². The van der Waals surface area contributed by atoms with Crippen LogP contribution in [0.2, 0.25) is 0 Å². The number of hydrogen-bond acceptors (Lipinski definition) is 2. The fourth-order valence-corrected chi connectivity index (χ4v) is 2.20. The zero-order chi connectivity index (χ0) is 14.0. The number of nitrogens with zero attached hydrogens (tertiary/aromatic N) is 1. The summed E-state index contributed by atoms with van der Waals surface area (Å²) in [6.07, 6.45) is 0.837. The third-order valence-corrected chi connectivity index (χ3v) is 3.49. The topological polar surface area (TPSA) is 69.6 Å². The second-order valence-electron chi connectivity index (χ2n) is 4.82. The van der Waals surface area contributed by atoms with Crippen LogP contribution in [-0.2, 0) is 4.79 Å². The Kier molecular flexibility index (Phi) is 3.74. The van der Waals surface area contributed by atoms with Crippen molar-refractivity contribution in [3.63, 3.8) is 0 Å². The number of amides is 2. The van der Waals surface area contributed by atoms with Crippen LogP contribution in [-0.4, -0.2) is 29.7 Å². The number of para-hydroxylation sites is 1. The van der Waals surface area contributed by atoms with Crippen molar-refractivity contribution in [2.45, 2.75) is 32.2 Å². The Hall–Kier alpha value is -2.04. The number of nitrogens with one attached hydrogen (secondary N) is 1. The molecule has 2 unspecified atom stereocenters. The van der Waals surface area contributed by atoms with Gasteiger partial charge in [-0.05, 0) is 25.0 Å². The van der Waals surface area contributed by atoms with Gasteiger partial charge in [0.25, 0.3) is 0 Å². The van der Waals surface area contributed by atoms with E-state index in [9.17, 15) is 14.7 Å². The van der Waals surface area contributed by atoms with E-state index in [1.165, 1.54) is 4.90 Å². The van der Waals surface area contributed by atoms with Crippen molar-refractivity contribution in [3.05, 3.63) is 29.8 Å². The molecule has 0 saturated carbocycles. The predicted molar refractivity (Wildman–Crippen MR) is 72.4 cm³/mol. The molecule has 1 heterocycles. The minimum Gasteiger partial charge on any atom is -0.481 e. The summed E-state index contributed by atoms with van der Waals surface area (Å²) in [5.74, 6) is -1.54. The molecule has 1 aliphatic rings. The van der Waals surface area contributed by atoms with Gasteiger partial charge in [0.05, 0.1) is 0 Å². The molecule has 1 aromatic carbocycles. The first-order chi connectivity index (χ1) is 9.04. The van der Waals surface area contributed by atoms with Crippen LogP contribution < -0.4 is 10.2 Å². The largest absolute Gasteiger partial charge is 0.481 e. The van der Waals surface area contributed by atoms with E-state index in [2.05, 4.69) is 5.32 Å². The lowest BCUT2D eigenvalue weighted by Gasteiger charge is -2.21. The zero-order valence-electron chi connectivity index (χ0n) is 11.1. The molecule has 1 aromatic rings. The summed E-state index contributed by atoms with van der Waals surface area (Å²) in [6.45, 7) is 4.11. The summed E-state index contributed by atoms with van der Waals surface area (Å²) in [6, 6.07) is 7.00. The fraction of sp³-hybridized carbons (Fsp3) is 0.429.